The lowest BCUT2D eigenvalue weighted by Crippen LogP contribution is -2.21. The lowest BCUT2D eigenvalue weighted by atomic mass is 10.1. The van der Waals surface area contributed by atoms with E-state index >= 15 is 0 Å². The molecule has 0 saturated carbocycles. The van der Waals surface area contributed by atoms with Crippen LogP contribution in [0.3, 0.4) is 0 Å². The summed E-state index contributed by atoms with van der Waals surface area (Å²) in [5.74, 6) is -3.36. The molecule has 0 fully saturated rings. The number of nitrogens with one attached hydrogen (secondary N) is 1. The molecular weight excluding hydrogens is 426 g/mol. The van der Waals surface area contributed by atoms with Crippen molar-refractivity contribution in [1.29, 1.82) is 0 Å². The van der Waals surface area contributed by atoms with Crippen LogP contribution in [0.5, 0.6) is 12.0 Å². The van der Waals surface area contributed by atoms with Gasteiger partial charge in [-0.2, -0.15) is 18.7 Å². The van der Waals surface area contributed by atoms with Crippen LogP contribution in [0.1, 0.15) is 11.4 Å². The molecule has 1 heterocycles. The first-order valence-electron chi connectivity index (χ1n) is 6.67. The average molecular weight is 439 g/mol. The van der Waals surface area contributed by atoms with Crippen molar-refractivity contribution in [2.75, 3.05) is 18.9 Å². The Hall–Kier alpha value is -2.08. The number of rotatable bonds is 7. The van der Waals surface area contributed by atoms with Crippen molar-refractivity contribution in [1.82, 2.24) is 15.0 Å². The zero-order chi connectivity index (χ0) is 18.6. The Balaban J connectivity index is 2.43. The fraction of sp³-hybridized carbons (Fsp3) is 0.308. The van der Waals surface area contributed by atoms with Gasteiger partial charge in [-0.15, -0.1) is 4.98 Å². The smallest absolute Gasteiger partial charge is 0.355 e. The molecule has 136 valence electrons. The first-order chi connectivity index (χ1) is 11.8. The summed E-state index contributed by atoms with van der Waals surface area (Å²) in [6, 6.07) is 4.70. The van der Waals surface area contributed by atoms with Gasteiger partial charge < -0.3 is 9.47 Å². The number of aromatic nitrogens is 3. The van der Waals surface area contributed by atoms with Crippen LogP contribution in [0, 0.1) is 0 Å². The summed E-state index contributed by atoms with van der Waals surface area (Å²) >= 11 is 3.14. The molecule has 8 nitrogen and oxygen atoms in total. The van der Waals surface area contributed by atoms with Gasteiger partial charge in [-0.05, 0) is 27.6 Å². The molecule has 2 aromatic rings. The van der Waals surface area contributed by atoms with E-state index in [2.05, 4.69) is 30.9 Å². The van der Waals surface area contributed by atoms with Crippen LogP contribution < -0.4 is 14.2 Å². The molecule has 0 aliphatic carbocycles. The van der Waals surface area contributed by atoms with Gasteiger partial charge in [0.05, 0.1) is 19.9 Å². The van der Waals surface area contributed by atoms with Gasteiger partial charge in [0.25, 0.3) is 10.0 Å². The van der Waals surface area contributed by atoms with E-state index < -0.39 is 15.8 Å². The molecule has 1 aromatic heterocycles. The maximum atomic E-state index is 12.7. The van der Waals surface area contributed by atoms with Crippen LogP contribution in [0.15, 0.2) is 22.7 Å². The van der Waals surface area contributed by atoms with E-state index in [4.69, 9.17) is 9.47 Å². The van der Waals surface area contributed by atoms with Crippen LogP contribution in [-0.2, 0) is 16.4 Å². The second kappa shape index (κ2) is 7.87. The molecule has 0 spiro atoms. The van der Waals surface area contributed by atoms with E-state index in [-0.39, 0.29) is 30.0 Å². The Bertz CT molecular complexity index is 845. The van der Waals surface area contributed by atoms with Gasteiger partial charge >= 0.3 is 17.8 Å². The van der Waals surface area contributed by atoms with Gasteiger partial charge in [0, 0.05) is 10.9 Å². The van der Waals surface area contributed by atoms with Crippen molar-refractivity contribution in [3.8, 4) is 12.0 Å². The lowest BCUT2D eigenvalue weighted by Gasteiger charge is -2.14. The number of benzene rings is 1. The Kier molecular flexibility index (Phi) is 6.06. The van der Waals surface area contributed by atoms with Gasteiger partial charge in [0.2, 0.25) is 0 Å². The highest BCUT2D eigenvalue weighted by molar-refractivity contribution is 9.10. The predicted octanol–water partition coefficient (Wildman–Crippen LogP) is 2.21. The number of anilines is 1. The third kappa shape index (κ3) is 4.72. The second-order valence-electron chi connectivity index (χ2n) is 4.58. The molecule has 0 unspecified atom stereocenters. The van der Waals surface area contributed by atoms with E-state index in [0.29, 0.717) is 10.0 Å². The molecule has 1 aromatic carbocycles. The third-order valence-electron chi connectivity index (χ3n) is 2.93. The Labute approximate surface area is 150 Å². The Morgan fingerprint density at radius 2 is 1.76 bits per heavy atom. The van der Waals surface area contributed by atoms with Crippen molar-refractivity contribution in [3.63, 3.8) is 0 Å². The number of hydrogen-bond donors (Lipinski definition) is 1. The number of methoxy groups -OCH3 is 2. The van der Waals surface area contributed by atoms with Crippen LogP contribution in [-0.4, -0.2) is 43.3 Å². The second-order valence-corrected chi connectivity index (χ2v) is 7.09. The first kappa shape index (κ1) is 19.2. The topological polar surface area (TPSA) is 103 Å². The van der Waals surface area contributed by atoms with Crippen LogP contribution in [0.25, 0.3) is 0 Å². The molecule has 12 heteroatoms. The summed E-state index contributed by atoms with van der Waals surface area (Å²) in [6.45, 7) is 0. The number of ether oxygens (including phenoxy) is 2. The lowest BCUT2D eigenvalue weighted by molar-refractivity contribution is 0.236. The number of nitrogens with zero attached hydrogens (tertiary/aromatic N) is 3. The van der Waals surface area contributed by atoms with Crippen molar-refractivity contribution in [2.24, 2.45) is 0 Å². The zero-order valence-electron chi connectivity index (χ0n) is 13.0. The van der Waals surface area contributed by atoms with Crippen LogP contribution >= 0.6 is 15.9 Å². The normalized spacial score (nSPS) is 11.4. The highest BCUT2D eigenvalue weighted by atomic mass is 79.9. The highest BCUT2D eigenvalue weighted by Gasteiger charge is 2.26. The van der Waals surface area contributed by atoms with Crippen LogP contribution in [0.2, 0.25) is 0 Å². The fourth-order valence-electron chi connectivity index (χ4n) is 1.83. The van der Waals surface area contributed by atoms with Crippen molar-refractivity contribution in [3.05, 3.63) is 34.1 Å². The Morgan fingerprint density at radius 3 is 2.28 bits per heavy atom. The summed E-state index contributed by atoms with van der Waals surface area (Å²) in [6.07, 6.45) is 0.0236. The molecule has 0 aliphatic heterocycles. The van der Waals surface area contributed by atoms with Crippen LogP contribution in [0.4, 0.5) is 14.5 Å². The van der Waals surface area contributed by atoms with Gasteiger partial charge in [-0.3, -0.25) is 4.72 Å². The standard InChI is InChI=1S/C13H13BrF2N4O4S/c1-23-12-17-9(18-13(19-12)24-2)6-7-4-3-5-8(14)10(7)20-25(21,22)11(15)16/h3-5,11,20H,6H2,1-2H3. The third-order valence-corrected chi connectivity index (χ3v) is 4.55. The number of hydrogen-bond acceptors (Lipinski definition) is 7. The molecule has 0 aliphatic rings. The van der Waals surface area contributed by atoms with Crippen molar-refractivity contribution < 1.29 is 26.7 Å². The molecular formula is C13H13BrF2N4O4S. The molecule has 25 heavy (non-hydrogen) atoms. The minimum Gasteiger partial charge on any atom is -0.467 e. The molecule has 0 saturated heterocycles. The van der Waals surface area contributed by atoms with Gasteiger partial charge in [0.1, 0.15) is 5.82 Å². The summed E-state index contributed by atoms with van der Waals surface area (Å²) in [7, 11) is -2.11. The van der Waals surface area contributed by atoms with Gasteiger partial charge in [0.15, 0.2) is 0 Å². The summed E-state index contributed by atoms with van der Waals surface area (Å²) in [5.41, 5.74) is 0.343. The molecule has 0 bridgehead atoms. The molecule has 1 N–H and O–H groups in total. The number of para-hydroxylation sites is 1. The minimum atomic E-state index is -4.83. The van der Waals surface area contributed by atoms with Crippen molar-refractivity contribution >= 4 is 31.6 Å². The molecule has 0 amide bonds. The number of halogens is 3. The van der Waals surface area contributed by atoms with E-state index in [0.717, 1.165) is 0 Å². The largest absolute Gasteiger partial charge is 0.467 e. The zero-order valence-corrected chi connectivity index (χ0v) is 15.4. The van der Waals surface area contributed by atoms with Crippen molar-refractivity contribution in [2.45, 2.75) is 12.2 Å². The Morgan fingerprint density at radius 1 is 1.16 bits per heavy atom. The summed E-state index contributed by atoms with van der Waals surface area (Å²) in [5, 5.41) is 0. The predicted molar refractivity (Wildman–Crippen MR) is 88.4 cm³/mol. The highest BCUT2D eigenvalue weighted by Crippen LogP contribution is 2.30. The first-order valence-corrected chi connectivity index (χ1v) is 9.01. The SMILES string of the molecule is COc1nc(Cc2cccc(Br)c2NS(=O)(=O)C(F)F)nc(OC)n1. The molecule has 2 rings (SSSR count). The quantitative estimate of drug-likeness (QED) is 0.706. The minimum absolute atomic E-state index is 0.00607. The average Bonchev–Trinajstić information content (AvgIpc) is 2.57. The molecule has 0 atom stereocenters. The van der Waals surface area contributed by atoms with E-state index in [1.54, 1.807) is 12.1 Å². The monoisotopic (exact) mass is 438 g/mol. The maximum absolute atomic E-state index is 12.7. The summed E-state index contributed by atoms with van der Waals surface area (Å²) in [4.78, 5) is 11.9. The van der Waals surface area contributed by atoms with E-state index in [1.165, 1.54) is 20.3 Å². The molecule has 0 radical (unpaired) electrons. The van der Waals surface area contributed by atoms with E-state index in [1.807, 2.05) is 4.72 Å². The maximum Gasteiger partial charge on any atom is 0.355 e. The fourth-order valence-corrected chi connectivity index (χ4v) is 3.08. The van der Waals surface area contributed by atoms with Gasteiger partial charge in [-0.25, -0.2) is 8.42 Å². The van der Waals surface area contributed by atoms with E-state index in [9.17, 15) is 17.2 Å². The summed E-state index contributed by atoms with van der Waals surface area (Å²) < 4.78 is 60.3. The van der Waals surface area contributed by atoms with Gasteiger partial charge in [-0.1, -0.05) is 12.1 Å². The number of alkyl halides is 2. The number of sulfonamides is 1.